The van der Waals surface area contributed by atoms with Gasteiger partial charge in [-0.25, -0.2) is 13.5 Å². The minimum absolute atomic E-state index is 0.139. The maximum absolute atomic E-state index is 11.8. The second kappa shape index (κ2) is 4.80. The molecule has 1 rings (SSSR count). The van der Waals surface area contributed by atoms with Crippen LogP contribution in [0.4, 0.5) is 8.78 Å². The second-order valence-corrected chi connectivity index (χ2v) is 2.54. The Morgan fingerprint density at radius 3 is 2.85 bits per heavy atom. The van der Waals surface area contributed by atoms with Crippen molar-refractivity contribution >= 4 is 0 Å². The van der Waals surface area contributed by atoms with Gasteiger partial charge < -0.3 is 5.73 Å². The Balaban J connectivity index is 2.49. The van der Waals surface area contributed by atoms with E-state index in [-0.39, 0.29) is 13.0 Å². The van der Waals surface area contributed by atoms with E-state index in [0.29, 0.717) is 18.8 Å². The molecule has 0 unspecified atom stereocenters. The summed E-state index contributed by atoms with van der Waals surface area (Å²) in [6.45, 7) is 0.551. The van der Waals surface area contributed by atoms with Crippen molar-refractivity contribution in [3.05, 3.63) is 5.82 Å². The molecule has 0 aromatic carbocycles. The van der Waals surface area contributed by atoms with E-state index in [1.807, 2.05) is 0 Å². The summed E-state index contributed by atoms with van der Waals surface area (Å²) in [5.41, 5.74) is 5.29. The minimum Gasteiger partial charge on any atom is -0.330 e. The fourth-order valence-electron chi connectivity index (χ4n) is 0.925. The van der Waals surface area contributed by atoms with Crippen LogP contribution in [-0.4, -0.2) is 33.2 Å². The average molecular weight is 191 g/mol. The molecule has 0 saturated heterocycles. The standard InChI is InChI=1S/C6H11F2N5/c7-5(8)2-4-13-6(1-3-9)10-11-12-13/h5H,1-4,9H2. The zero-order valence-electron chi connectivity index (χ0n) is 7.03. The lowest BCUT2D eigenvalue weighted by Crippen LogP contribution is -2.12. The van der Waals surface area contributed by atoms with Crippen molar-refractivity contribution in [1.82, 2.24) is 20.2 Å². The molecule has 1 heterocycles. The summed E-state index contributed by atoms with van der Waals surface area (Å²) < 4.78 is 25.0. The van der Waals surface area contributed by atoms with Crippen LogP contribution in [0, 0.1) is 0 Å². The van der Waals surface area contributed by atoms with Gasteiger partial charge in [-0.05, 0) is 17.0 Å². The smallest absolute Gasteiger partial charge is 0.240 e. The van der Waals surface area contributed by atoms with Gasteiger partial charge >= 0.3 is 0 Å². The van der Waals surface area contributed by atoms with E-state index in [1.165, 1.54) is 4.68 Å². The first-order chi connectivity index (χ1) is 6.24. The molecule has 5 nitrogen and oxygen atoms in total. The maximum atomic E-state index is 11.8. The van der Waals surface area contributed by atoms with Crippen molar-refractivity contribution in [2.24, 2.45) is 5.73 Å². The quantitative estimate of drug-likeness (QED) is 0.701. The van der Waals surface area contributed by atoms with E-state index < -0.39 is 6.43 Å². The molecule has 0 aliphatic heterocycles. The van der Waals surface area contributed by atoms with E-state index in [1.54, 1.807) is 0 Å². The van der Waals surface area contributed by atoms with Crippen molar-refractivity contribution in [2.75, 3.05) is 6.54 Å². The Hall–Kier alpha value is -1.11. The van der Waals surface area contributed by atoms with Crippen molar-refractivity contribution in [3.8, 4) is 0 Å². The fraction of sp³-hybridized carbons (Fsp3) is 0.833. The maximum Gasteiger partial charge on any atom is 0.240 e. The second-order valence-electron chi connectivity index (χ2n) is 2.54. The van der Waals surface area contributed by atoms with E-state index in [2.05, 4.69) is 15.5 Å². The van der Waals surface area contributed by atoms with Crippen LogP contribution in [-0.2, 0) is 13.0 Å². The third-order valence-corrected chi connectivity index (χ3v) is 1.53. The molecule has 0 spiro atoms. The summed E-state index contributed by atoms with van der Waals surface area (Å²) in [7, 11) is 0. The number of hydrogen-bond acceptors (Lipinski definition) is 4. The van der Waals surface area contributed by atoms with Crippen molar-refractivity contribution in [2.45, 2.75) is 25.8 Å². The van der Waals surface area contributed by atoms with Crippen LogP contribution in [0.1, 0.15) is 12.2 Å². The number of aryl methyl sites for hydroxylation is 1. The summed E-state index contributed by atoms with van der Waals surface area (Å²) in [6, 6.07) is 0. The van der Waals surface area contributed by atoms with Gasteiger partial charge in [-0.2, -0.15) is 0 Å². The van der Waals surface area contributed by atoms with Crippen LogP contribution < -0.4 is 5.73 Å². The van der Waals surface area contributed by atoms with E-state index in [9.17, 15) is 8.78 Å². The number of aromatic nitrogens is 4. The van der Waals surface area contributed by atoms with Gasteiger partial charge in [0, 0.05) is 12.8 Å². The topological polar surface area (TPSA) is 69.6 Å². The molecule has 0 aliphatic rings. The number of rotatable bonds is 5. The predicted octanol–water partition coefficient (Wildman–Crippen LogP) is -0.171. The first kappa shape index (κ1) is 9.97. The zero-order chi connectivity index (χ0) is 9.68. The molecule has 0 fully saturated rings. The lowest BCUT2D eigenvalue weighted by molar-refractivity contribution is 0.129. The first-order valence-corrected chi connectivity index (χ1v) is 3.97. The number of nitrogens with two attached hydrogens (primary N) is 1. The van der Waals surface area contributed by atoms with Crippen molar-refractivity contribution in [3.63, 3.8) is 0 Å². The molecule has 0 saturated carbocycles. The van der Waals surface area contributed by atoms with Crippen LogP contribution in [0.25, 0.3) is 0 Å². The van der Waals surface area contributed by atoms with Crippen LogP contribution in [0.2, 0.25) is 0 Å². The molecule has 0 atom stereocenters. The molecular weight excluding hydrogens is 180 g/mol. The van der Waals surface area contributed by atoms with Crippen LogP contribution in [0.3, 0.4) is 0 Å². The van der Waals surface area contributed by atoms with Crippen LogP contribution in [0.15, 0.2) is 0 Å². The third-order valence-electron chi connectivity index (χ3n) is 1.53. The number of halogens is 2. The minimum atomic E-state index is -2.32. The van der Waals surface area contributed by atoms with Crippen molar-refractivity contribution < 1.29 is 8.78 Å². The number of tetrazole rings is 1. The first-order valence-electron chi connectivity index (χ1n) is 3.97. The van der Waals surface area contributed by atoms with E-state index in [4.69, 9.17) is 5.73 Å². The van der Waals surface area contributed by atoms with Gasteiger partial charge in [0.05, 0.1) is 6.54 Å². The van der Waals surface area contributed by atoms with Gasteiger partial charge in [-0.3, -0.25) is 0 Å². The molecule has 0 radical (unpaired) electrons. The largest absolute Gasteiger partial charge is 0.330 e. The molecule has 0 aliphatic carbocycles. The average Bonchev–Trinajstić information content (AvgIpc) is 2.49. The normalized spacial score (nSPS) is 11.1. The monoisotopic (exact) mass is 191 g/mol. The Labute approximate surface area is 73.9 Å². The van der Waals surface area contributed by atoms with Crippen LogP contribution in [0.5, 0.6) is 0 Å². The zero-order valence-corrected chi connectivity index (χ0v) is 7.03. The fourth-order valence-corrected chi connectivity index (χ4v) is 0.925. The molecule has 0 amide bonds. The summed E-state index contributed by atoms with van der Waals surface area (Å²) >= 11 is 0. The number of hydrogen-bond donors (Lipinski definition) is 1. The molecule has 13 heavy (non-hydrogen) atoms. The molecule has 1 aromatic rings. The van der Waals surface area contributed by atoms with Gasteiger partial charge in [-0.1, -0.05) is 0 Å². The molecule has 74 valence electrons. The molecule has 7 heteroatoms. The number of nitrogens with zero attached hydrogens (tertiary/aromatic N) is 4. The van der Waals surface area contributed by atoms with Gasteiger partial charge in [0.2, 0.25) is 6.43 Å². The Kier molecular flexibility index (Phi) is 3.69. The highest BCUT2D eigenvalue weighted by molar-refractivity contribution is 4.80. The molecule has 2 N–H and O–H groups in total. The summed E-state index contributed by atoms with van der Waals surface area (Å²) in [4.78, 5) is 0. The lowest BCUT2D eigenvalue weighted by atomic mass is 10.4. The lowest BCUT2D eigenvalue weighted by Gasteiger charge is -2.02. The summed E-state index contributed by atoms with van der Waals surface area (Å²) in [5.74, 6) is 0.558. The van der Waals surface area contributed by atoms with Crippen molar-refractivity contribution in [1.29, 1.82) is 0 Å². The van der Waals surface area contributed by atoms with Gasteiger partial charge in [0.25, 0.3) is 0 Å². The Morgan fingerprint density at radius 1 is 1.46 bits per heavy atom. The predicted molar refractivity (Wildman–Crippen MR) is 41.2 cm³/mol. The van der Waals surface area contributed by atoms with E-state index in [0.717, 1.165) is 0 Å². The van der Waals surface area contributed by atoms with Gasteiger partial charge in [-0.15, -0.1) is 5.10 Å². The van der Waals surface area contributed by atoms with Crippen LogP contribution >= 0.6 is 0 Å². The molecule has 1 aromatic heterocycles. The third kappa shape index (κ3) is 3.02. The summed E-state index contributed by atoms with van der Waals surface area (Å²) in [5, 5.41) is 10.6. The van der Waals surface area contributed by atoms with Gasteiger partial charge in [0.1, 0.15) is 0 Å². The van der Waals surface area contributed by atoms with E-state index >= 15 is 0 Å². The highest BCUT2D eigenvalue weighted by Crippen LogP contribution is 2.02. The number of alkyl halides is 2. The summed E-state index contributed by atoms with van der Waals surface area (Å²) in [6.07, 6.45) is -2.05. The molecule has 0 bridgehead atoms. The Morgan fingerprint density at radius 2 is 2.23 bits per heavy atom. The Bertz CT molecular complexity index is 249. The van der Waals surface area contributed by atoms with Gasteiger partial charge in [0.15, 0.2) is 5.82 Å². The highest BCUT2D eigenvalue weighted by Gasteiger charge is 2.07. The highest BCUT2D eigenvalue weighted by atomic mass is 19.3. The molecular formula is C6H11F2N5. The SMILES string of the molecule is NCCc1nnnn1CCC(F)F.